The van der Waals surface area contributed by atoms with Gasteiger partial charge in [-0.3, -0.25) is 4.79 Å². The van der Waals surface area contributed by atoms with Crippen LogP contribution in [0.2, 0.25) is 5.02 Å². The van der Waals surface area contributed by atoms with Crippen LogP contribution in [0.25, 0.3) is 28.1 Å². The second kappa shape index (κ2) is 7.40. The lowest BCUT2D eigenvalue weighted by atomic mass is 10.00. The highest BCUT2D eigenvalue weighted by Gasteiger charge is 2.17. The fourth-order valence-electron chi connectivity index (χ4n) is 4.44. The number of aromatic nitrogens is 3. The number of aryl methyl sites for hydroxylation is 3. The van der Waals surface area contributed by atoms with E-state index in [2.05, 4.69) is 37.5 Å². The van der Waals surface area contributed by atoms with E-state index in [0.29, 0.717) is 23.0 Å². The van der Waals surface area contributed by atoms with Crippen LogP contribution in [-0.4, -0.2) is 14.0 Å². The molecule has 5 rings (SSSR count). The van der Waals surface area contributed by atoms with Gasteiger partial charge in [0.1, 0.15) is 0 Å². The number of hydrogen-bond acceptors (Lipinski definition) is 2. The second-order valence-electron chi connectivity index (χ2n) is 8.08. The number of rotatable bonds is 3. The van der Waals surface area contributed by atoms with Gasteiger partial charge in [-0.15, -0.1) is 0 Å². The largest absolute Gasteiger partial charge is 0.305 e. The highest BCUT2D eigenvalue weighted by Crippen LogP contribution is 2.26. The van der Waals surface area contributed by atoms with Gasteiger partial charge in [0.05, 0.1) is 23.3 Å². The van der Waals surface area contributed by atoms with Crippen LogP contribution < -0.4 is 5.56 Å². The summed E-state index contributed by atoms with van der Waals surface area (Å²) in [6, 6.07) is 21.4. The number of imidazole rings is 1. The van der Waals surface area contributed by atoms with E-state index in [4.69, 9.17) is 16.6 Å². The first-order valence-corrected chi connectivity index (χ1v) is 10.6. The van der Waals surface area contributed by atoms with E-state index < -0.39 is 0 Å². The molecule has 0 fully saturated rings. The monoisotopic (exact) mass is 427 g/mol. The van der Waals surface area contributed by atoms with Crippen LogP contribution >= 0.6 is 11.6 Å². The van der Waals surface area contributed by atoms with Crippen molar-refractivity contribution < 1.29 is 0 Å². The fourth-order valence-corrected chi connectivity index (χ4v) is 4.63. The van der Waals surface area contributed by atoms with Gasteiger partial charge < -0.3 is 4.57 Å². The quantitative estimate of drug-likeness (QED) is 0.357. The lowest BCUT2D eigenvalue weighted by Gasteiger charge is -2.13. The molecule has 4 nitrogen and oxygen atoms in total. The zero-order valence-electron chi connectivity index (χ0n) is 17.7. The topological polar surface area (TPSA) is 39.3 Å². The summed E-state index contributed by atoms with van der Waals surface area (Å²) in [6.07, 6.45) is 0. The fraction of sp³-hybridized carbons (Fsp3) is 0.154. The first-order valence-electron chi connectivity index (χ1n) is 10.3. The van der Waals surface area contributed by atoms with Crippen LogP contribution in [0.15, 0.2) is 71.5 Å². The summed E-state index contributed by atoms with van der Waals surface area (Å²) < 4.78 is 3.83. The minimum absolute atomic E-state index is 0.104. The van der Waals surface area contributed by atoms with E-state index in [1.54, 1.807) is 10.5 Å². The lowest BCUT2D eigenvalue weighted by Crippen LogP contribution is -2.15. The van der Waals surface area contributed by atoms with Crippen LogP contribution in [0.3, 0.4) is 0 Å². The molecule has 0 aliphatic carbocycles. The molecule has 154 valence electrons. The maximum atomic E-state index is 13.2. The van der Waals surface area contributed by atoms with Crippen molar-refractivity contribution in [3.63, 3.8) is 0 Å². The molecule has 2 heterocycles. The molecule has 5 aromatic rings. The number of halogens is 1. The van der Waals surface area contributed by atoms with Gasteiger partial charge in [-0.25, -0.2) is 9.38 Å². The van der Waals surface area contributed by atoms with Crippen molar-refractivity contribution in [1.82, 2.24) is 14.0 Å². The molecule has 0 saturated carbocycles. The van der Waals surface area contributed by atoms with Crippen LogP contribution in [-0.2, 0) is 6.54 Å². The molecule has 0 amide bonds. The summed E-state index contributed by atoms with van der Waals surface area (Å²) in [5, 5.41) is 0.617. The third-order valence-corrected chi connectivity index (χ3v) is 6.07. The summed E-state index contributed by atoms with van der Waals surface area (Å²) in [7, 11) is 0. The van der Waals surface area contributed by atoms with Crippen LogP contribution in [0.1, 0.15) is 22.3 Å². The van der Waals surface area contributed by atoms with E-state index in [9.17, 15) is 4.79 Å². The van der Waals surface area contributed by atoms with Gasteiger partial charge in [0.2, 0.25) is 5.78 Å². The Kier molecular flexibility index (Phi) is 4.67. The number of para-hydroxylation sites is 2. The summed E-state index contributed by atoms with van der Waals surface area (Å²) in [4.78, 5) is 18.1. The van der Waals surface area contributed by atoms with Crippen molar-refractivity contribution in [2.45, 2.75) is 27.3 Å². The van der Waals surface area contributed by atoms with E-state index in [1.165, 1.54) is 22.3 Å². The molecule has 0 atom stereocenters. The van der Waals surface area contributed by atoms with Gasteiger partial charge in [-0.2, -0.15) is 0 Å². The third-order valence-electron chi connectivity index (χ3n) is 5.83. The predicted octanol–water partition coefficient (Wildman–Crippen LogP) is 5.94. The Balaban J connectivity index is 1.81. The molecule has 0 bridgehead atoms. The molecule has 0 aliphatic heterocycles. The van der Waals surface area contributed by atoms with E-state index in [1.807, 2.05) is 48.5 Å². The Hall–Kier alpha value is -3.37. The van der Waals surface area contributed by atoms with E-state index in [-0.39, 0.29) is 5.56 Å². The van der Waals surface area contributed by atoms with Gasteiger partial charge in [0, 0.05) is 16.7 Å². The van der Waals surface area contributed by atoms with Crippen molar-refractivity contribution in [3.8, 4) is 11.3 Å². The lowest BCUT2D eigenvalue weighted by molar-refractivity contribution is 0.822. The van der Waals surface area contributed by atoms with Crippen molar-refractivity contribution in [2.75, 3.05) is 0 Å². The van der Waals surface area contributed by atoms with Crippen LogP contribution in [0, 0.1) is 20.8 Å². The molecule has 0 radical (unpaired) electrons. The molecule has 3 aromatic carbocycles. The Bertz CT molecular complexity index is 1500. The average Bonchev–Trinajstić information content (AvgIpc) is 3.04. The SMILES string of the molecule is Cc1cc(C)c(Cn2c3ccccc3n3c(=O)cc(-c4cccc(Cl)c4)nc23)c(C)c1. The van der Waals surface area contributed by atoms with Crippen molar-refractivity contribution in [1.29, 1.82) is 0 Å². The Labute approximate surface area is 185 Å². The third kappa shape index (κ3) is 3.33. The van der Waals surface area contributed by atoms with Gasteiger partial charge in [0.25, 0.3) is 5.56 Å². The van der Waals surface area contributed by atoms with Crippen LogP contribution in [0.4, 0.5) is 0 Å². The zero-order valence-corrected chi connectivity index (χ0v) is 18.4. The highest BCUT2D eigenvalue weighted by molar-refractivity contribution is 6.30. The molecular weight excluding hydrogens is 406 g/mol. The van der Waals surface area contributed by atoms with E-state index >= 15 is 0 Å². The molecule has 0 N–H and O–H groups in total. The summed E-state index contributed by atoms with van der Waals surface area (Å²) in [5.41, 5.74) is 8.15. The van der Waals surface area contributed by atoms with Gasteiger partial charge >= 0.3 is 0 Å². The number of benzene rings is 3. The molecule has 0 spiro atoms. The van der Waals surface area contributed by atoms with Gasteiger partial charge in [-0.05, 0) is 61.7 Å². The van der Waals surface area contributed by atoms with Crippen molar-refractivity contribution >= 4 is 28.4 Å². The second-order valence-corrected chi connectivity index (χ2v) is 8.51. The Morgan fingerprint density at radius 3 is 2.29 bits per heavy atom. The predicted molar refractivity (Wildman–Crippen MR) is 127 cm³/mol. The molecule has 0 aliphatic rings. The Morgan fingerprint density at radius 2 is 1.58 bits per heavy atom. The summed E-state index contributed by atoms with van der Waals surface area (Å²) >= 11 is 6.19. The molecule has 5 heteroatoms. The maximum absolute atomic E-state index is 13.2. The smallest absolute Gasteiger partial charge is 0.260 e. The molecule has 31 heavy (non-hydrogen) atoms. The first-order chi connectivity index (χ1) is 14.9. The van der Waals surface area contributed by atoms with Gasteiger partial charge in [0.15, 0.2) is 0 Å². The van der Waals surface area contributed by atoms with Crippen LogP contribution in [0.5, 0.6) is 0 Å². The minimum atomic E-state index is -0.104. The average molecular weight is 428 g/mol. The summed E-state index contributed by atoms with van der Waals surface area (Å²) in [6.45, 7) is 7.03. The molecule has 0 unspecified atom stereocenters. The maximum Gasteiger partial charge on any atom is 0.260 e. The van der Waals surface area contributed by atoms with Gasteiger partial charge in [-0.1, -0.05) is 53.6 Å². The van der Waals surface area contributed by atoms with Crippen molar-refractivity contribution in [2.24, 2.45) is 0 Å². The molecular formula is C26H22ClN3O. The highest BCUT2D eigenvalue weighted by atomic mass is 35.5. The number of fused-ring (bicyclic) bond motifs is 3. The molecule has 2 aromatic heterocycles. The minimum Gasteiger partial charge on any atom is -0.305 e. The van der Waals surface area contributed by atoms with Crippen molar-refractivity contribution in [3.05, 3.63) is 104 Å². The summed E-state index contributed by atoms with van der Waals surface area (Å²) in [5.74, 6) is 0.628. The molecule has 0 saturated heterocycles. The normalized spacial score (nSPS) is 11.5. The number of nitrogens with zero attached hydrogens (tertiary/aromatic N) is 3. The Morgan fingerprint density at radius 1 is 0.871 bits per heavy atom. The number of hydrogen-bond donors (Lipinski definition) is 0. The first kappa shape index (κ1) is 19.6. The zero-order chi connectivity index (χ0) is 21.7. The van der Waals surface area contributed by atoms with E-state index in [0.717, 1.165) is 16.6 Å². The standard InChI is InChI=1S/C26H22ClN3O/c1-16-11-17(2)21(18(3)12-16)15-29-23-9-4-5-10-24(23)30-25(31)14-22(28-26(29)30)19-7-6-8-20(27)13-19/h4-14H,15H2,1-3H3.